The molecule has 1 aliphatic heterocycles. The van der Waals surface area contributed by atoms with Crippen molar-refractivity contribution in [3.8, 4) is 0 Å². The van der Waals surface area contributed by atoms with E-state index in [-0.39, 0.29) is 17.7 Å². The number of likely N-dealkylation sites (tertiary alicyclic amines) is 1. The first kappa shape index (κ1) is 12.6. The van der Waals surface area contributed by atoms with Crippen LogP contribution in [0.5, 0.6) is 0 Å². The first-order valence-corrected chi connectivity index (χ1v) is 6.08. The molecule has 0 aromatic heterocycles. The van der Waals surface area contributed by atoms with Gasteiger partial charge in [0.1, 0.15) is 0 Å². The van der Waals surface area contributed by atoms with E-state index in [1.165, 1.54) is 0 Å². The Morgan fingerprint density at radius 3 is 2.50 bits per heavy atom. The van der Waals surface area contributed by atoms with Crippen LogP contribution in [-0.4, -0.2) is 35.0 Å². The smallest absolute Gasteiger partial charge is 0.306 e. The van der Waals surface area contributed by atoms with Gasteiger partial charge in [-0.1, -0.05) is 25.1 Å². The SMILES string of the molecule is Cc1ccccc1C(=O)N1CC(C(C)C(=O)O)C1. The van der Waals surface area contributed by atoms with Crippen LogP contribution in [0.25, 0.3) is 0 Å². The highest BCUT2D eigenvalue weighted by atomic mass is 16.4. The van der Waals surface area contributed by atoms with Crippen LogP contribution >= 0.6 is 0 Å². The Morgan fingerprint density at radius 2 is 1.94 bits per heavy atom. The van der Waals surface area contributed by atoms with Crippen LogP contribution < -0.4 is 0 Å². The Kier molecular flexibility index (Phi) is 3.36. The lowest BCUT2D eigenvalue weighted by Crippen LogP contribution is -2.53. The van der Waals surface area contributed by atoms with Gasteiger partial charge in [-0.2, -0.15) is 0 Å². The topological polar surface area (TPSA) is 57.6 Å². The molecule has 1 aliphatic rings. The molecular weight excluding hydrogens is 230 g/mol. The van der Waals surface area contributed by atoms with Gasteiger partial charge in [0, 0.05) is 24.6 Å². The van der Waals surface area contributed by atoms with E-state index in [2.05, 4.69) is 0 Å². The number of carboxylic acids is 1. The number of benzene rings is 1. The van der Waals surface area contributed by atoms with Crippen LogP contribution in [0, 0.1) is 18.8 Å². The molecule has 0 saturated carbocycles. The number of carbonyl (C=O) groups is 2. The number of amides is 1. The minimum absolute atomic E-state index is 0.00180. The zero-order valence-corrected chi connectivity index (χ0v) is 10.6. The summed E-state index contributed by atoms with van der Waals surface area (Å²) in [7, 11) is 0. The molecule has 2 rings (SSSR count). The minimum Gasteiger partial charge on any atom is -0.481 e. The number of nitrogens with zero attached hydrogens (tertiary/aromatic N) is 1. The number of rotatable bonds is 3. The number of aryl methyl sites for hydroxylation is 1. The van der Waals surface area contributed by atoms with Crippen LogP contribution in [0.4, 0.5) is 0 Å². The summed E-state index contributed by atoms with van der Waals surface area (Å²) in [6.45, 7) is 4.69. The van der Waals surface area contributed by atoms with Crippen molar-refractivity contribution in [2.45, 2.75) is 13.8 Å². The first-order valence-electron chi connectivity index (χ1n) is 6.08. The predicted octanol–water partition coefficient (Wildman–Crippen LogP) is 1.79. The summed E-state index contributed by atoms with van der Waals surface area (Å²) in [5.74, 6) is -1.09. The van der Waals surface area contributed by atoms with Crippen molar-refractivity contribution < 1.29 is 14.7 Å². The molecule has 1 atom stereocenters. The van der Waals surface area contributed by atoms with Gasteiger partial charge in [0.25, 0.3) is 5.91 Å². The molecule has 1 aromatic rings. The number of carbonyl (C=O) groups excluding carboxylic acids is 1. The van der Waals surface area contributed by atoms with E-state index in [0.29, 0.717) is 18.7 Å². The predicted molar refractivity (Wildman–Crippen MR) is 67.4 cm³/mol. The van der Waals surface area contributed by atoms with Crippen molar-refractivity contribution >= 4 is 11.9 Å². The maximum absolute atomic E-state index is 12.2. The number of hydrogen-bond acceptors (Lipinski definition) is 2. The van der Waals surface area contributed by atoms with Gasteiger partial charge in [0.15, 0.2) is 0 Å². The molecule has 0 radical (unpaired) electrons. The maximum Gasteiger partial charge on any atom is 0.306 e. The zero-order valence-electron chi connectivity index (χ0n) is 10.6. The van der Waals surface area contributed by atoms with Crippen molar-refractivity contribution in [1.29, 1.82) is 0 Å². The molecule has 1 saturated heterocycles. The molecule has 1 amide bonds. The lowest BCUT2D eigenvalue weighted by atomic mass is 9.86. The molecule has 18 heavy (non-hydrogen) atoms. The van der Waals surface area contributed by atoms with Gasteiger partial charge in [0.2, 0.25) is 0 Å². The molecule has 1 aromatic carbocycles. The standard InChI is InChI=1S/C14H17NO3/c1-9-5-3-4-6-12(9)13(16)15-7-11(8-15)10(2)14(17)18/h3-6,10-11H,7-8H2,1-2H3,(H,17,18). The Balaban J connectivity index is 1.99. The molecule has 4 heteroatoms. The summed E-state index contributed by atoms with van der Waals surface area (Å²) in [5.41, 5.74) is 1.66. The monoisotopic (exact) mass is 247 g/mol. The lowest BCUT2D eigenvalue weighted by molar-refractivity contribution is -0.144. The Morgan fingerprint density at radius 1 is 1.33 bits per heavy atom. The Hall–Kier alpha value is -1.84. The molecule has 4 nitrogen and oxygen atoms in total. The van der Waals surface area contributed by atoms with Crippen LogP contribution in [-0.2, 0) is 4.79 Å². The van der Waals surface area contributed by atoms with E-state index < -0.39 is 5.97 Å². The number of hydrogen-bond donors (Lipinski definition) is 1. The van der Waals surface area contributed by atoms with Gasteiger partial charge in [-0.15, -0.1) is 0 Å². The lowest BCUT2D eigenvalue weighted by Gasteiger charge is -2.41. The van der Waals surface area contributed by atoms with Crippen LogP contribution in [0.2, 0.25) is 0 Å². The molecular formula is C14H17NO3. The van der Waals surface area contributed by atoms with Gasteiger partial charge in [0.05, 0.1) is 5.92 Å². The van der Waals surface area contributed by atoms with Gasteiger partial charge < -0.3 is 10.0 Å². The van der Waals surface area contributed by atoms with Crippen LogP contribution in [0.3, 0.4) is 0 Å². The molecule has 0 spiro atoms. The summed E-state index contributed by atoms with van der Waals surface area (Å²) in [6.07, 6.45) is 0. The highest BCUT2D eigenvalue weighted by Gasteiger charge is 2.37. The van der Waals surface area contributed by atoms with E-state index in [1.807, 2.05) is 31.2 Å². The fourth-order valence-electron chi connectivity index (χ4n) is 2.18. The Labute approximate surface area is 106 Å². The zero-order chi connectivity index (χ0) is 13.3. The molecule has 96 valence electrons. The second-order valence-corrected chi connectivity index (χ2v) is 4.91. The van der Waals surface area contributed by atoms with Crippen LogP contribution in [0.1, 0.15) is 22.8 Å². The van der Waals surface area contributed by atoms with Crippen molar-refractivity contribution in [3.63, 3.8) is 0 Å². The fourth-order valence-corrected chi connectivity index (χ4v) is 2.18. The largest absolute Gasteiger partial charge is 0.481 e. The summed E-state index contributed by atoms with van der Waals surface area (Å²) in [4.78, 5) is 24.7. The van der Waals surface area contributed by atoms with Crippen molar-refractivity contribution in [2.24, 2.45) is 11.8 Å². The molecule has 0 bridgehead atoms. The third kappa shape index (κ3) is 2.23. The van der Waals surface area contributed by atoms with E-state index in [0.717, 1.165) is 5.56 Å². The molecule has 1 unspecified atom stereocenters. The van der Waals surface area contributed by atoms with Crippen molar-refractivity contribution in [1.82, 2.24) is 4.90 Å². The number of carboxylic acid groups (broad SMARTS) is 1. The third-order valence-electron chi connectivity index (χ3n) is 3.67. The maximum atomic E-state index is 12.2. The van der Waals surface area contributed by atoms with E-state index in [4.69, 9.17) is 5.11 Å². The highest BCUT2D eigenvalue weighted by molar-refractivity contribution is 5.96. The van der Waals surface area contributed by atoms with Crippen molar-refractivity contribution in [2.75, 3.05) is 13.1 Å². The van der Waals surface area contributed by atoms with Crippen molar-refractivity contribution in [3.05, 3.63) is 35.4 Å². The quantitative estimate of drug-likeness (QED) is 0.885. The molecule has 0 aliphatic carbocycles. The molecule has 1 heterocycles. The van der Waals surface area contributed by atoms with Gasteiger partial charge in [-0.3, -0.25) is 9.59 Å². The van der Waals surface area contributed by atoms with E-state index in [1.54, 1.807) is 11.8 Å². The van der Waals surface area contributed by atoms with Gasteiger partial charge in [-0.25, -0.2) is 0 Å². The average Bonchev–Trinajstić information content (AvgIpc) is 2.27. The summed E-state index contributed by atoms with van der Waals surface area (Å²) >= 11 is 0. The highest BCUT2D eigenvalue weighted by Crippen LogP contribution is 2.26. The molecule has 1 fully saturated rings. The molecule has 1 N–H and O–H groups in total. The average molecular weight is 247 g/mol. The van der Waals surface area contributed by atoms with Crippen LogP contribution in [0.15, 0.2) is 24.3 Å². The summed E-state index contributed by atoms with van der Waals surface area (Å²) in [5, 5.41) is 8.90. The first-order chi connectivity index (χ1) is 8.50. The minimum atomic E-state index is -0.789. The van der Waals surface area contributed by atoms with E-state index >= 15 is 0 Å². The summed E-state index contributed by atoms with van der Waals surface area (Å²) < 4.78 is 0. The Bertz CT molecular complexity index is 478. The van der Waals surface area contributed by atoms with Gasteiger partial charge in [-0.05, 0) is 18.6 Å². The fraction of sp³-hybridized carbons (Fsp3) is 0.429. The third-order valence-corrected chi connectivity index (χ3v) is 3.67. The second-order valence-electron chi connectivity index (χ2n) is 4.91. The summed E-state index contributed by atoms with van der Waals surface area (Å²) in [6, 6.07) is 7.46. The normalized spacial score (nSPS) is 17.1. The van der Waals surface area contributed by atoms with Gasteiger partial charge >= 0.3 is 5.97 Å². The second kappa shape index (κ2) is 4.80. The van der Waals surface area contributed by atoms with E-state index in [9.17, 15) is 9.59 Å². The number of aliphatic carboxylic acids is 1.